The Morgan fingerprint density at radius 3 is 1.68 bits per heavy atom. The molecular weight excluding hydrogens is 993 g/mol. The van der Waals surface area contributed by atoms with Crippen LogP contribution >= 0.6 is 0 Å². The highest BCUT2D eigenvalue weighted by atomic mass is 16.5. The van der Waals surface area contributed by atoms with Crippen LogP contribution in [0.15, 0.2) is 30.3 Å². The van der Waals surface area contributed by atoms with Crippen LogP contribution in [0.5, 0.6) is 0 Å². The number of likely N-dealkylation sites (N-methyl/N-ethyl adjacent to an activating group) is 6. The number of hydrogen-bond acceptors (Lipinski definition) is 12. The van der Waals surface area contributed by atoms with Crippen LogP contribution in [0.4, 0.5) is 0 Å². The molecule has 77 heavy (non-hydrogen) atoms. The summed E-state index contributed by atoms with van der Waals surface area (Å²) in [6.45, 7) is 16.6. The van der Waals surface area contributed by atoms with E-state index in [9.17, 15) is 53.1 Å². The molecule has 438 valence electrons. The third-order valence-electron chi connectivity index (χ3n) is 14.4. The summed E-state index contributed by atoms with van der Waals surface area (Å²) < 4.78 is 6.02. The van der Waals surface area contributed by atoms with Crippen molar-refractivity contribution in [2.75, 3.05) is 68.5 Å². The van der Waals surface area contributed by atoms with Gasteiger partial charge in [-0.1, -0.05) is 58.0 Å². The molecule has 0 unspecified atom stereocenters. The van der Waals surface area contributed by atoms with Gasteiger partial charge in [-0.25, -0.2) is 0 Å². The highest BCUT2D eigenvalue weighted by molar-refractivity contribution is 5.99. The lowest BCUT2D eigenvalue weighted by Gasteiger charge is -2.38. The molecule has 2 saturated heterocycles. The van der Waals surface area contributed by atoms with Crippen LogP contribution in [-0.4, -0.2) is 227 Å². The number of benzene rings is 1. The third kappa shape index (κ3) is 18.5. The molecule has 10 amide bonds. The van der Waals surface area contributed by atoms with Crippen molar-refractivity contribution in [2.45, 2.75) is 174 Å². The largest absolute Gasteiger partial charge is 0.391 e. The Hall–Kier alpha value is -6.16. The molecule has 0 saturated carbocycles. The Labute approximate surface area is 460 Å². The second-order valence-electron chi connectivity index (χ2n) is 22.8. The average molecular weight is 1090 g/mol. The molecule has 4 N–H and O–H groups in total. The molecule has 2 heterocycles. The van der Waals surface area contributed by atoms with E-state index in [4.69, 9.17) is 4.74 Å². The molecule has 2 aliphatic rings. The van der Waals surface area contributed by atoms with Crippen molar-refractivity contribution < 1.29 is 62.1 Å². The molecule has 0 aliphatic carbocycles. The molecule has 0 spiro atoms. The van der Waals surface area contributed by atoms with Gasteiger partial charge < -0.3 is 60.1 Å². The van der Waals surface area contributed by atoms with Crippen molar-refractivity contribution in [3.63, 3.8) is 0 Å². The summed E-state index contributed by atoms with van der Waals surface area (Å²) in [4.78, 5) is 153. The van der Waals surface area contributed by atoms with Crippen LogP contribution in [0.25, 0.3) is 0 Å². The number of aliphatic hydroxyl groups is 1. The van der Waals surface area contributed by atoms with Crippen LogP contribution in [0.1, 0.15) is 118 Å². The van der Waals surface area contributed by atoms with Gasteiger partial charge in [-0.2, -0.15) is 0 Å². The smallest absolute Gasteiger partial charge is 0.248 e. The zero-order valence-corrected chi connectivity index (χ0v) is 48.6. The fourth-order valence-electron chi connectivity index (χ4n) is 9.22. The van der Waals surface area contributed by atoms with Crippen LogP contribution in [0.3, 0.4) is 0 Å². The molecular formula is C55H96N10O12. The van der Waals surface area contributed by atoms with E-state index in [0.29, 0.717) is 31.5 Å². The lowest BCUT2D eigenvalue weighted by Crippen LogP contribution is -2.61. The molecule has 1 aromatic rings. The third-order valence-corrected chi connectivity index (χ3v) is 14.4. The van der Waals surface area contributed by atoms with Crippen molar-refractivity contribution in [2.24, 2.45) is 11.8 Å². The van der Waals surface area contributed by atoms with Crippen molar-refractivity contribution >= 4 is 59.1 Å². The normalized spacial score (nSPS) is 26.2. The van der Waals surface area contributed by atoms with Crippen molar-refractivity contribution in [3.8, 4) is 0 Å². The molecule has 0 radical (unpaired) electrons. The number of nitrogens with zero attached hydrogens (tertiary/aromatic N) is 7. The Kier molecular flexibility index (Phi) is 24.5. The van der Waals surface area contributed by atoms with Gasteiger partial charge >= 0.3 is 0 Å². The fraction of sp³-hybridized carbons (Fsp3) is 0.709. The van der Waals surface area contributed by atoms with E-state index < -0.39 is 132 Å². The molecule has 9 atom stereocenters. The summed E-state index contributed by atoms with van der Waals surface area (Å²) in [6, 6.07) is -1.68. The Balaban J connectivity index is 0.0000208. The molecule has 0 bridgehead atoms. The maximum atomic E-state index is 14.9. The molecule has 22 nitrogen and oxygen atoms in total. The van der Waals surface area contributed by atoms with E-state index in [1.807, 2.05) is 27.7 Å². The molecule has 0 aromatic heterocycles. The monoisotopic (exact) mass is 1090 g/mol. The highest BCUT2D eigenvalue weighted by Crippen LogP contribution is 2.21. The van der Waals surface area contributed by atoms with Crippen LogP contribution in [-0.2, 0) is 59.1 Å². The average Bonchev–Trinajstić information content (AvgIpc) is 3.38. The van der Waals surface area contributed by atoms with Crippen molar-refractivity contribution in [3.05, 3.63) is 35.9 Å². The van der Waals surface area contributed by atoms with Crippen LogP contribution < -0.4 is 16.0 Å². The van der Waals surface area contributed by atoms with E-state index in [1.165, 1.54) is 72.9 Å². The van der Waals surface area contributed by atoms with E-state index in [-0.39, 0.29) is 42.0 Å². The predicted octanol–water partition coefficient (Wildman–Crippen LogP) is 1.76. The van der Waals surface area contributed by atoms with Crippen molar-refractivity contribution in [1.82, 2.24) is 50.2 Å². The molecule has 2 fully saturated rings. The Morgan fingerprint density at radius 1 is 0.636 bits per heavy atom. The quantitative estimate of drug-likeness (QED) is 0.262. The number of nitrogens with one attached hydrogen (secondary N) is 3. The van der Waals surface area contributed by atoms with Crippen molar-refractivity contribution in [1.29, 1.82) is 0 Å². The number of hydrogen-bond donors (Lipinski definition) is 4. The van der Waals surface area contributed by atoms with Gasteiger partial charge in [-0.15, -0.1) is 0 Å². The molecule has 22 heteroatoms. The fourth-order valence-corrected chi connectivity index (χ4v) is 9.22. The van der Waals surface area contributed by atoms with E-state index in [0.717, 1.165) is 26.0 Å². The second-order valence-corrected chi connectivity index (χ2v) is 22.8. The Bertz CT molecular complexity index is 2250. The second kappa shape index (κ2) is 29.0. The summed E-state index contributed by atoms with van der Waals surface area (Å²) in [7, 11) is 8.28. The van der Waals surface area contributed by atoms with Gasteiger partial charge in [0.2, 0.25) is 59.1 Å². The lowest BCUT2D eigenvalue weighted by molar-refractivity contribution is -0.153. The number of piperidine rings is 1. The number of amides is 10. The minimum Gasteiger partial charge on any atom is -0.391 e. The van der Waals surface area contributed by atoms with Gasteiger partial charge in [0.05, 0.1) is 31.3 Å². The maximum absolute atomic E-state index is 14.9. The van der Waals surface area contributed by atoms with E-state index >= 15 is 0 Å². The van der Waals surface area contributed by atoms with Crippen LogP contribution in [0, 0.1) is 11.8 Å². The number of carbonyl (C=O) groups excluding carboxylic acids is 10. The number of likely N-dealkylation sites (tertiary alicyclic amines) is 1. The zero-order valence-electron chi connectivity index (χ0n) is 48.6. The van der Waals surface area contributed by atoms with Gasteiger partial charge in [-0.05, 0) is 91.0 Å². The van der Waals surface area contributed by atoms with Gasteiger partial charge in [0.1, 0.15) is 48.3 Å². The van der Waals surface area contributed by atoms with Gasteiger partial charge in [0.25, 0.3) is 0 Å². The zero-order chi connectivity index (χ0) is 58.4. The molecule has 1 aromatic carbocycles. The number of carbonyl (C=O) groups is 10. The standard InChI is InChI=1S/C55H90N10O12.3H2/c1-33(2)27-41-48(70)57-40(32-77-55(8,9)10)47(69)56-39(52(74)65-25-21-18-22-26-65)30-44(67)60(12)35(5)50(72)61(13)36(6)51(73)64(16)43(29-38-23-19-17-20-24-38)53(75)63(15)42(28-34(3)4)49(71)58-46(37(7)66)54(76)59(11)31-45(68)62(41)14;;;/h17,19-20,23-24,33-37,39-43,46,66H,18,21-22,25-32H2,1-16H3,(H,56,69)(H,57,70)(H,58,71);3*1H/t35-,36-,37+,39-,40-,41-,42-,43-,46-;;;/m0.../s1. The highest BCUT2D eigenvalue weighted by Gasteiger charge is 2.42. The SMILES string of the molecule is CC(C)C[C@H]1C(=O)N[C@@H](COC(C)(C)C)C(=O)N[C@H](C(=O)N2CCCCC2)CC(=O)N(C)[C@@H](C)C(=O)N(C)[C@@H](C)C(=O)N(C)[C@@H](Cc2ccccc2)C(=O)N(C)[C@@H](CC(C)C)C(=O)N[C@@H]([C@@H](C)O)C(=O)N(C)CC(=O)N1C.[HH].[HH].[HH]. The summed E-state index contributed by atoms with van der Waals surface area (Å²) in [5.74, 6) is -7.49. The first-order chi connectivity index (χ1) is 35.8. The first kappa shape index (κ1) is 65.1. The lowest BCUT2D eigenvalue weighted by atomic mass is 9.98. The summed E-state index contributed by atoms with van der Waals surface area (Å²) >= 11 is 0. The minimum absolute atomic E-state index is 0. The first-order valence-electron chi connectivity index (χ1n) is 26.9. The number of rotatable bonds is 10. The maximum Gasteiger partial charge on any atom is 0.248 e. The summed E-state index contributed by atoms with van der Waals surface area (Å²) in [6.07, 6.45) is 0.401. The summed E-state index contributed by atoms with van der Waals surface area (Å²) in [5.41, 5.74) is -0.131. The molecule has 2 aliphatic heterocycles. The van der Waals surface area contributed by atoms with Crippen LogP contribution in [0.2, 0.25) is 0 Å². The first-order valence-corrected chi connectivity index (χ1v) is 26.9. The Morgan fingerprint density at radius 2 is 1.14 bits per heavy atom. The number of aliphatic hydroxyl groups excluding tert-OH is 1. The summed E-state index contributed by atoms with van der Waals surface area (Å²) in [5, 5.41) is 19.1. The predicted molar refractivity (Wildman–Crippen MR) is 295 cm³/mol. The van der Waals surface area contributed by atoms with Gasteiger partial charge in [0, 0.05) is 66.1 Å². The van der Waals surface area contributed by atoms with Gasteiger partial charge in [-0.3, -0.25) is 47.9 Å². The van der Waals surface area contributed by atoms with E-state index in [1.54, 1.807) is 56.0 Å². The van der Waals surface area contributed by atoms with Gasteiger partial charge in [0.15, 0.2) is 0 Å². The molecule has 3 rings (SSSR count). The topological polar surface area (TPSA) is 259 Å². The van der Waals surface area contributed by atoms with E-state index in [2.05, 4.69) is 16.0 Å². The number of ether oxygens (including phenoxy) is 1. The minimum atomic E-state index is -1.60.